The molecule has 2 aliphatic heterocycles. The fourth-order valence-electron chi connectivity index (χ4n) is 4.84. The molecule has 2 aliphatic rings. The third-order valence-corrected chi connectivity index (χ3v) is 6.16. The first-order valence-electron chi connectivity index (χ1n) is 10.1. The van der Waals surface area contributed by atoms with Crippen molar-refractivity contribution in [3.8, 4) is 0 Å². The number of amides is 1. The van der Waals surface area contributed by atoms with Crippen molar-refractivity contribution in [3.63, 3.8) is 0 Å². The van der Waals surface area contributed by atoms with E-state index < -0.39 is 11.6 Å². The molecule has 2 fully saturated rings. The molecule has 29 heavy (non-hydrogen) atoms. The van der Waals surface area contributed by atoms with Gasteiger partial charge in [0.25, 0.3) is 0 Å². The van der Waals surface area contributed by atoms with Crippen molar-refractivity contribution in [1.82, 2.24) is 9.80 Å². The van der Waals surface area contributed by atoms with E-state index in [0.29, 0.717) is 32.0 Å². The molecule has 0 aromatic heterocycles. The van der Waals surface area contributed by atoms with Crippen LogP contribution in [0.15, 0.2) is 48.5 Å². The van der Waals surface area contributed by atoms with E-state index in [2.05, 4.69) is 17.0 Å². The molecule has 0 bridgehead atoms. The third kappa shape index (κ3) is 4.05. The van der Waals surface area contributed by atoms with E-state index in [4.69, 9.17) is 4.74 Å². The van der Waals surface area contributed by atoms with Crippen LogP contribution in [0.5, 0.6) is 0 Å². The SMILES string of the molecule is COCCC(=O)N1C[C@@H]2CN(Cc3c(F)cccc3F)C[C@@H]2[C@H]1c1ccccc1. The van der Waals surface area contributed by atoms with Gasteiger partial charge in [-0.1, -0.05) is 36.4 Å². The second-order valence-corrected chi connectivity index (χ2v) is 7.96. The Kier molecular flexibility index (Phi) is 5.92. The normalized spacial score (nSPS) is 24.1. The summed E-state index contributed by atoms with van der Waals surface area (Å²) in [6, 6.07) is 14.0. The van der Waals surface area contributed by atoms with Crippen LogP contribution in [0, 0.1) is 23.5 Å². The minimum Gasteiger partial charge on any atom is -0.384 e. The van der Waals surface area contributed by atoms with Gasteiger partial charge in [-0.05, 0) is 23.6 Å². The Balaban J connectivity index is 1.54. The monoisotopic (exact) mass is 400 g/mol. The van der Waals surface area contributed by atoms with Crippen molar-refractivity contribution in [2.24, 2.45) is 11.8 Å². The van der Waals surface area contributed by atoms with Crippen LogP contribution < -0.4 is 0 Å². The average molecular weight is 400 g/mol. The molecule has 0 spiro atoms. The Hall–Kier alpha value is -2.31. The first-order chi connectivity index (χ1) is 14.1. The summed E-state index contributed by atoms with van der Waals surface area (Å²) in [5.41, 5.74) is 1.24. The molecule has 2 saturated heterocycles. The number of fused-ring (bicyclic) bond motifs is 1. The van der Waals surface area contributed by atoms with E-state index in [1.54, 1.807) is 7.11 Å². The molecule has 2 aromatic carbocycles. The van der Waals surface area contributed by atoms with Gasteiger partial charge in [-0.25, -0.2) is 8.78 Å². The molecule has 0 aliphatic carbocycles. The topological polar surface area (TPSA) is 32.8 Å². The van der Waals surface area contributed by atoms with Gasteiger partial charge in [-0.2, -0.15) is 0 Å². The zero-order valence-corrected chi connectivity index (χ0v) is 16.6. The highest BCUT2D eigenvalue weighted by atomic mass is 19.1. The minimum atomic E-state index is -0.502. The van der Waals surface area contributed by atoms with Crippen molar-refractivity contribution < 1.29 is 18.3 Å². The van der Waals surface area contributed by atoms with Crippen LogP contribution in [0.25, 0.3) is 0 Å². The number of hydrogen-bond acceptors (Lipinski definition) is 3. The largest absolute Gasteiger partial charge is 0.384 e. The molecule has 1 amide bonds. The number of hydrogen-bond donors (Lipinski definition) is 0. The van der Waals surface area contributed by atoms with Crippen molar-refractivity contribution in [2.45, 2.75) is 19.0 Å². The van der Waals surface area contributed by atoms with Gasteiger partial charge >= 0.3 is 0 Å². The average Bonchev–Trinajstić information content (AvgIpc) is 3.27. The summed E-state index contributed by atoms with van der Waals surface area (Å²) >= 11 is 0. The summed E-state index contributed by atoms with van der Waals surface area (Å²) in [5, 5.41) is 0. The molecule has 6 heteroatoms. The van der Waals surface area contributed by atoms with Crippen LogP contribution >= 0.6 is 0 Å². The van der Waals surface area contributed by atoms with E-state index in [9.17, 15) is 13.6 Å². The summed E-state index contributed by atoms with van der Waals surface area (Å²) in [7, 11) is 1.60. The summed E-state index contributed by atoms with van der Waals surface area (Å²) < 4.78 is 33.3. The second kappa shape index (κ2) is 8.59. The smallest absolute Gasteiger partial charge is 0.225 e. The number of carbonyl (C=O) groups is 1. The molecule has 0 radical (unpaired) electrons. The van der Waals surface area contributed by atoms with Gasteiger partial charge in [0, 0.05) is 44.8 Å². The minimum absolute atomic E-state index is 0.0129. The third-order valence-electron chi connectivity index (χ3n) is 6.16. The van der Waals surface area contributed by atoms with Gasteiger partial charge in [-0.3, -0.25) is 9.69 Å². The van der Waals surface area contributed by atoms with Gasteiger partial charge in [-0.15, -0.1) is 0 Å². The summed E-state index contributed by atoms with van der Waals surface area (Å²) in [6.07, 6.45) is 0.365. The number of nitrogens with zero attached hydrogens (tertiary/aromatic N) is 2. The van der Waals surface area contributed by atoms with Gasteiger partial charge in [0.15, 0.2) is 0 Å². The Bertz CT molecular complexity index is 841. The lowest BCUT2D eigenvalue weighted by molar-refractivity contribution is -0.133. The van der Waals surface area contributed by atoms with Crippen molar-refractivity contribution in [1.29, 1.82) is 0 Å². The van der Waals surface area contributed by atoms with Crippen molar-refractivity contribution in [2.75, 3.05) is 33.4 Å². The molecular formula is C23H26F2N2O2. The first kappa shape index (κ1) is 20.0. The van der Waals surface area contributed by atoms with Crippen molar-refractivity contribution in [3.05, 3.63) is 71.3 Å². The number of ether oxygens (including phenoxy) is 1. The number of methoxy groups -OCH3 is 1. The number of carbonyl (C=O) groups excluding carboxylic acids is 1. The quantitative estimate of drug-likeness (QED) is 0.742. The first-order valence-corrected chi connectivity index (χ1v) is 10.1. The lowest BCUT2D eigenvalue weighted by Crippen LogP contribution is -2.36. The molecular weight excluding hydrogens is 374 g/mol. The van der Waals surface area contributed by atoms with Crippen LogP contribution in [0.1, 0.15) is 23.6 Å². The lowest BCUT2D eigenvalue weighted by Gasteiger charge is -2.30. The highest BCUT2D eigenvalue weighted by Gasteiger charge is 2.48. The van der Waals surface area contributed by atoms with E-state index in [1.165, 1.54) is 18.2 Å². The fourth-order valence-corrected chi connectivity index (χ4v) is 4.84. The zero-order valence-electron chi connectivity index (χ0n) is 16.6. The van der Waals surface area contributed by atoms with Crippen molar-refractivity contribution >= 4 is 5.91 Å². The molecule has 154 valence electrons. The lowest BCUT2D eigenvalue weighted by atomic mass is 9.89. The van der Waals surface area contributed by atoms with Crippen LogP contribution in [-0.4, -0.2) is 49.1 Å². The van der Waals surface area contributed by atoms with Gasteiger partial charge < -0.3 is 9.64 Å². The van der Waals surface area contributed by atoms with E-state index in [-0.39, 0.29) is 30.0 Å². The molecule has 4 rings (SSSR count). The molecule has 0 N–H and O–H groups in total. The Morgan fingerprint density at radius 3 is 2.45 bits per heavy atom. The summed E-state index contributed by atoms with van der Waals surface area (Å²) in [5.74, 6) is -0.363. The Morgan fingerprint density at radius 2 is 1.76 bits per heavy atom. The highest BCUT2D eigenvalue weighted by Crippen LogP contribution is 2.45. The zero-order chi connectivity index (χ0) is 20.4. The number of halogens is 2. The van der Waals surface area contributed by atoms with Crippen LogP contribution in [0.4, 0.5) is 8.78 Å². The van der Waals surface area contributed by atoms with Gasteiger partial charge in [0.05, 0.1) is 19.1 Å². The maximum atomic E-state index is 14.1. The fraction of sp³-hybridized carbons (Fsp3) is 0.435. The van der Waals surface area contributed by atoms with Gasteiger partial charge in [0.2, 0.25) is 5.91 Å². The van der Waals surface area contributed by atoms with Crippen LogP contribution in [0.2, 0.25) is 0 Å². The molecule has 2 heterocycles. The molecule has 3 atom stereocenters. The summed E-state index contributed by atoms with van der Waals surface area (Å²) in [6.45, 7) is 2.78. The maximum Gasteiger partial charge on any atom is 0.225 e. The Labute approximate surface area is 170 Å². The predicted molar refractivity (Wildman–Crippen MR) is 106 cm³/mol. The number of rotatable bonds is 6. The standard InChI is InChI=1S/C23H26F2N2O2/c1-29-11-10-22(28)27-13-17-12-26(15-19-20(24)8-5-9-21(19)25)14-18(17)23(27)16-6-3-2-4-7-16/h2-9,17-18,23H,10-15H2,1H3/t17-,18-,23+/m0/s1. The van der Waals surface area contributed by atoms with E-state index in [1.807, 2.05) is 23.1 Å². The highest BCUT2D eigenvalue weighted by molar-refractivity contribution is 5.77. The van der Waals surface area contributed by atoms with Crippen LogP contribution in [0.3, 0.4) is 0 Å². The second-order valence-electron chi connectivity index (χ2n) is 7.96. The van der Waals surface area contributed by atoms with E-state index >= 15 is 0 Å². The van der Waals surface area contributed by atoms with Gasteiger partial charge in [0.1, 0.15) is 11.6 Å². The summed E-state index contributed by atoms with van der Waals surface area (Å²) in [4.78, 5) is 16.9. The maximum absolute atomic E-state index is 14.1. The number of benzene rings is 2. The van der Waals surface area contributed by atoms with E-state index in [0.717, 1.165) is 12.1 Å². The molecule has 2 aromatic rings. The Morgan fingerprint density at radius 1 is 1.03 bits per heavy atom. The molecule has 4 nitrogen and oxygen atoms in total. The van der Waals surface area contributed by atoms with Crippen LogP contribution in [-0.2, 0) is 16.1 Å². The molecule has 0 saturated carbocycles. The number of likely N-dealkylation sites (tertiary alicyclic amines) is 2. The predicted octanol–water partition coefficient (Wildman–Crippen LogP) is 3.63. The molecule has 0 unspecified atom stereocenters.